The van der Waals surface area contributed by atoms with E-state index in [9.17, 15) is 18.0 Å². The molecule has 1 saturated carbocycles. The highest BCUT2D eigenvalue weighted by molar-refractivity contribution is 5.77. The molecule has 31 heavy (non-hydrogen) atoms. The Kier molecular flexibility index (Phi) is 7.26. The summed E-state index contributed by atoms with van der Waals surface area (Å²) in [6.45, 7) is 0.302. The van der Waals surface area contributed by atoms with Crippen LogP contribution in [0.4, 0.5) is 13.2 Å². The number of hydrogen-bond donors (Lipinski definition) is 2. The third kappa shape index (κ3) is 5.60. The molecule has 1 aromatic carbocycles. The molecular formula is C20H23F3N4O4. The van der Waals surface area contributed by atoms with E-state index in [-0.39, 0.29) is 36.8 Å². The van der Waals surface area contributed by atoms with Crippen LogP contribution in [-0.4, -0.2) is 45.1 Å². The number of amides is 1. The number of rotatable bonds is 6. The van der Waals surface area contributed by atoms with E-state index in [1.807, 2.05) is 0 Å². The van der Waals surface area contributed by atoms with Gasteiger partial charge in [0.1, 0.15) is 11.9 Å². The molecule has 2 aliphatic rings. The fraction of sp³-hybridized carbons (Fsp3) is 0.500. The molecule has 1 saturated heterocycles. The topological polar surface area (TPSA) is 123 Å². The maximum atomic E-state index is 13.8. The first-order chi connectivity index (χ1) is 14.8. The number of carboxylic acid groups (broad SMARTS) is 1. The Morgan fingerprint density at radius 1 is 1.26 bits per heavy atom. The zero-order valence-electron chi connectivity index (χ0n) is 16.6. The molecule has 1 aromatic heterocycles. The lowest BCUT2D eigenvalue weighted by atomic mass is 10.0. The minimum absolute atomic E-state index is 0.0431. The van der Waals surface area contributed by atoms with Crippen molar-refractivity contribution in [3.05, 3.63) is 46.9 Å². The second-order valence-electron chi connectivity index (χ2n) is 7.64. The molecule has 1 aliphatic carbocycles. The van der Waals surface area contributed by atoms with Gasteiger partial charge in [0.25, 0.3) is 6.47 Å². The van der Waals surface area contributed by atoms with Crippen molar-refractivity contribution in [1.29, 1.82) is 0 Å². The fourth-order valence-corrected chi connectivity index (χ4v) is 3.63. The smallest absolute Gasteiger partial charge is 0.290 e. The average Bonchev–Trinajstić information content (AvgIpc) is 3.24. The lowest BCUT2D eigenvalue weighted by Crippen LogP contribution is -2.36. The molecule has 2 heterocycles. The first kappa shape index (κ1) is 22.7. The van der Waals surface area contributed by atoms with Gasteiger partial charge in [-0.2, -0.15) is 4.98 Å². The zero-order chi connectivity index (χ0) is 22.5. The van der Waals surface area contributed by atoms with Gasteiger partial charge in [0.15, 0.2) is 17.5 Å². The molecule has 4 rings (SSSR count). The highest BCUT2D eigenvalue weighted by atomic mass is 19.2. The Morgan fingerprint density at radius 3 is 2.61 bits per heavy atom. The summed E-state index contributed by atoms with van der Waals surface area (Å²) in [7, 11) is 0. The summed E-state index contributed by atoms with van der Waals surface area (Å²) in [5.74, 6) is -1.98. The lowest BCUT2D eigenvalue weighted by Gasteiger charge is -2.23. The van der Waals surface area contributed by atoms with Crippen molar-refractivity contribution in [2.45, 2.75) is 56.5 Å². The third-order valence-corrected chi connectivity index (χ3v) is 5.27. The van der Waals surface area contributed by atoms with Gasteiger partial charge in [-0.05, 0) is 43.7 Å². The van der Waals surface area contributed by atoms with Crippen LogP contribution in [0.15, 0.2) is 16.7 Å². The van der Waals surface area contributed by atoms with E-state index in [1.54, 1.807) is 4.90 Å². The second-order valence-corrected chi connectivity index (χ2v) is 7.64. The lowest BCUT2D eigenvalue weighted by molar-refractivity contribution is -0.133. The molecule has 0 spiro atoms. The molecule has 1 aliphatic heterocycles. The van der Waals surface area contributed by atoms with Crippen LogP contribution in [0.3, 0.4) is 0 Å². The molecular weight excluding hydrogens is 417 g/mol. The van der Waals surface area contributed by atoms with E-state index in [0.29, 0.717) is 30.2 Å². The molecule has 2 unspecified atom stereocenters. The van der Waals surface area contributed by atoms with Gasteiger partial charge in [-0.1, -0.05) is 5.16 Å². The first-order valence-corrected chi connectivity index (χ1v) is 9.93. The summed E-state index contributed by atoms with van der Waals surface area (Å²) in [5, 5.41) is 10.9. The van der Waals surface area contributed by atoms with Crippen molar-refractivity contribution in [3.63, 3.8) is 0 Å². The Labute approximate surface area is 176 Å². The molecule has 2 fully saturated rings. The molecule has 168 valence electrons. The van der Waals surface area contributed by atoms with E-state index in [1.165, 1.54) is 0 Å². The average molecular weight is 440 g/mol. The van der Waals surface area contributed by atoms with Crippen molar-refractivity contribution >= 4 is 12.4 Å². The third-order valence-electron chi connectivity index (χ3n) is 5.27. The van der Waals surface area contributed by atoms with Gasteiger partial charge >= 0.3 is 0 Å². The van der Waals surface area contributed by atoms with Gasteiger partial charge in [-0.25, -0.2) is 13.2 Å². The fourth-order valence-electron chi connectivity index (χ4n) is 3.63. The van der Waals surface area contributed by atoms with Gasteiger partial charge < -0.3 is 20.3 Å². The van der Waals surface area contributed by atoms with Crippen molar-refractivity contribution in [1.82, 2.24) is 15.0 Å². The monoisotopic (exact) mass is 440 g/mol. The number of benzene rings is 1. The highest BCUT2D eigenvalue weighted by Crippen LogP contribution is 2.39. The van der Waals surface area contributed by atoms with Crippen molar-refractivity contribution in [3.8, 4) is 0 Å². The number of likely N-dealkylation sites (tertiary alicyclic amines) is 1. The van der Waals surface area contributed by atoms with Crippen LogP contribution in [0.25, 0.3) is 0 Å². The number of aromatic nitrogens is 2. The van der Waals surface area contributed by atoms with Crippen LogP contribution in [-0.2, 0) is 16.0 Å². The van der Waals surface area contributed by atoms with Crippen molar-refractivity contribution in [2.24, 2.45) is 5.73 Å². The molecule has 2 atom stereocenters. The molecule has 8 nitrogen and oxygen atoms in total. The first-order valence-electron chi connectivity index (χ1n) is 9.93. The quantitative estimate of drug-likeness (QED) is 0.523. The number of carbonyl (C=O) groups excluding carboxylic acids is 1. The van der Waals surface area contributed by atoms with Crippen molar-refractivity contribution < 1.29 is 32.4 Å². The molecule has 11 heteroatoms. The minimum Gasteiger partial charge on any atom is -0.483 e. The van der Waals surface area contributed by atoms with Gasteiger partial charge in [0, 0.05) is 31.0 Å². The van der Waals surface area contributed by atoms with Crippen LogP contribution in [0.5, 0.6) is 0 Å². The predicted molar refractivity (Wildman–Crippen MR) is 101 cm³/mol. The van der Waals surface area contributed by atoms with Gasteiger partial charge in [-0.3, -0.25) is 9.59 Å². The number of carbonyl (C=O) groups is 2. The van der Waals surface area contributed by atoms with E-state index < -0.39 is 23.5 Å². The van der Waals surface area contributed by atoms with E-state index in [0.717, 1.165) is 31.7 Å². The summed E-state index contributed by atoms with van der Waals surface area (Å²) in [6, 6.07) is 0.270. The Balaban J connectivity index is 0.000000858. The highest BCUT2D eigenvalue weighted by Gasteiger charge is 2.36. The molecule has 1 amide bonds. The van der Waals surface area contributed by atoms with Crippen LogP contribution in [0.2, 0.25) is 0 Å². The SMILES string of the molecule is NC(CC(=O)N1CCCC1c1nc(C2CC2)no1)Cc1cc(F)c(F)cc1F.O=CO. The maximum absolute atomic E-state index is 13.8. The largest absolute Gasteiger partial charge is 0.483 e. The summed E-state index contributed by atoms with van der Waals surface area (Å²) < 4.78 is 45.5. The maximum Gasteiger partial charge on any atom is 0.290 e. The predicted octanol–water partition coefficient (Wildman–Crippen LogP) is 2.69. The Hall–Kier alpha value is -2.95. The summed E-state index contributed by atoms with van der Waals surface area (Å²) in [6.07, 6.45) is 3.54. The van der Waals surface area contributed by atoms with Crippen LogP contribution >= 0.6 is 0 Å². The standard InChI is InChI=1S/C19H21F3N4O2.CH2O2/c20-13-9-15(22)14(21)7-11(13)6-12(23)8-17(27)26-5-1-2-16(26)19-24-18(25-28-19)10-3-4-10;2-1-3/h7,9-10,12,16H,1-6,8,23H2;1H,(H,2,3). The number of nitrogens with zero attached hydrogens (tertiary/aromatic N) is 3. The molecule has 3 N–H and O–H groups in total. The van der Waals surface area contributed by atoms with E-state index in [4.69, 9.17) is 20.2 Å². The number of nitrogens with two attached hydrogens (primary N) is 1. The van der Waals surface area contributed by atoms with Gasteiger partial charge in [-0.15, -0.1) is 0 Å². The summed E-state index contributed by atoms with van der Waals surface area (Å²) >= 11 is 0. The normalized spacial score (nSPS) is 19.0. The molecule has 0 bridgehead atoms. The van der Waals surface area contributed by atoms with Crippen LogP contribution < -0.4 is 5.73 Å². The zero-order valence-corrected chi connectivity index (χ0v) is 16.6. The second kappa shape index (κ2) is 9.90. The van der Waals surface area contributed by atoms with E-state index >= 15 is 0 Å². The van der Waals surface area contributed by atoms with Crippen LogP contribution in [0, 0.1) is 17.5 Å². The Morgan fingerprint density at radius 2 is 1.94 bits per heavy atom. The van der Waals surface area contributed by atoms with Gasteiger partial charge in [0.2, 0.25) is 11.8 Å². The number of hydrogen-bond acceptors (Lipinski definition) is 6. The van der Waals surface area contributed by atoms with Crippen LogP contribution in [0.1, 0.15) is 61.3 Å². The summed E-state index contributed by atoms with van der Waals surface area (Å²) in [5.41, 5.74) is 5.93. The molecule has 0 radical (unpaired) electrons. The minimum atomic E-state index is -1.25. The molecule has 2 aromatic rings. The van der Waals surface area contributed by atoms with Crippen molar-refractivity contribution in [2.75, 3.05) is 6.54 Å². The summed E-state index contributed by atoms with van der Waals surface area (Å²) in [4.78, 5) is 27.2. The van der Waals surface area contributed by atoms with E-state index in [2.05, 4.69) is 10.1 Å². The van der Waals surface area contributed by atoms with Gasteiger partial charge in [0.05, 0.1) is 0 Å². The number of halogens is 3. The Bertz CT molecular complexity index is 935.